The van der Waals surface area contributed by atoms with E-state index >= 15 is 0 Å². The Balaban J connectivity index is 2.75. The third kappa shape index (κ3) is 8.17. The van der Waals surface area contributed by atoms with Gasteiger partial charge >= 0.3 is 0 Å². The molecule has 0 radical (unpaired) electrons. The number of rotatable bonds is 5. The maximum atomic E-state index is 9.70. The van der Waals surface area contributed by atoms with E-state index in [2.05, 4.69) is 4.29 Å². The smallest absolute Gasteiger partial charge is 0.285 e. The molecule has 0 spiro atoms. The summed E-state index contributed by atoms with van der Waals surface area (Å²) in [7, 11) is -2.02. The van der Waals surface area contributed by atoms with Gasteiger partial charge in [0, 0.05) is 4.29 Å². The zero-order chi connectivity index (χ0) is 7.11. The molecule has 0 N–H and O–H groups in total. The van der Waals surface area contributed by atoms with Gasteiger partial charge in [0.05, 0.1) is 0 Å². The van der Waals surface area contributed by atoms with Gasteiger partial charge in [0.25, 0.3) is 10.8 Å². The summed E-state index contributed by atoms with van der Waals surface area (Å²) in [5.74, 6) is 0. The second-order valence-corrected chi connectivity index (χ2v) is 2.31. The van der Waals surface area contributed by atoms with Gasteiger partial charge in [0.15, 0.2) is 6.61 Å². The summed E-state index contributed by atoms with van der Waals surface area (Å²) in [5.41, 5.74) is 0. The van der Waals surface area contributed by atoms with E-state index in [9.17, 15) is 9.32 Å². The van der Waals surface area contributed by atoms with Gasteiger partial charge < -0.3 is 9.32 Å². The SMILES string of the molecule is CCCCCO[Cl+2]([O-])[O-]. The largest absolute Gasteiger partial charge is 0.320 e. The van der Waals surface area contributed by atoms with Crippen molar-refractivity contribution in [1.29, 1.82) is 0 Å². The number of unbranched alkanes of at least 4 members (excludes halogenated alkanes) is 2. The summed E-state index contributed by atoms with van der Waals surface area (Å²) in [6.07, 6.45) is 2.91. The van der Waals surface area contributed by atoms with Gasteiger partial charge in [-0.1, -0.05) is 19.8 Å². The molecule has 56 valence electrons. The predicted octanol–water partition coefficient (Wildman–Crippen LogP) is -0.721. The van der Waals surface area contributed by atoms with E-state index in [1.165, 1.54) is 0 Å². The second-order valence-electron chi connectivity index (χ2n) is 1.71. The molecule has 0 heterocycles. The molecule has 0 aromatic rings. The summed E-state index contributed by atoms with van der Waals surface area (Å²) in [6, 6.07) is 0. The molecule has 0 aromatic heterocycles. The Morgan fingerprint density at radius 3 is 2.44 bits per heavy atom. The Morgan fingerprint density at radius 2 is 2.00 bits per heavy atom. The first-order valence-corrected chi connectivity index (χ1v) is 3.88. The standard InChI is InChI=1S/C5H11ClO3/c1-2-3-4-5-9-6(7)8/h2-5H2,1H3. The third-order valence-electron chi connectivity index (χ3n) is 0.914. The molecule has 4 heteroatoms. The highest BCUT2D eigenvalue weighted by Gasteiger charge is 2.03. The summed E-state index contributed by atoms with van der Waals surface area (Å²) in [5, 5.41) is 0. The number of halogens is 1. The maximum absolute atomic E-state index is 9.70. The first-order chi connectivity index (χ1) is 4.27. The molecule has 0 aromatic carbocycles. The molecule has 0 aliphatic carbocycles. The zero-order valence-electron chi connectivity index (χ0n) is 5.43. The third-order valence-corrected chi connectivity index (χ3v) is 1.25. The van der Waals surface area contributed by atoms with Crippen LogP contribution in [0.3, 0.4) is 0 Å². The molecule has 0 aliphatic heterocycles. The molecule has 0 fully saturated rings. The van der Waals surface area contributed by atoms with E-state index in [0.717, 1.165) is 19.3 Å². The highest BCUT2D eigenvalue weighted by atomic mass is 35.6. The average molecular weight is 155 g/mol. The number of hydrogen-bond acceptors (Lipinski definition) is 3. The normalized spacial score (nSPS) is 10.7. The minimum absolute atomic E-state index is 0.307. The van der Waals surface area contributed by atoms with Crippen LogP contribution >= 0.6 is 0 Å². The Morgan fingerprint density at radius 1 is 1.33 bits per heavy atom. The molecule has 0 unspecified atom stereocenters. The molecular formula is C5H11ClO3. The average Bonchev–Trinajstić information content (AvgIpc) is 1.80. The van der Waals surface area contributed by atoms with E-state index in [1.807, 2.05) is 6.92 Å². The topological polar surface area (TPSA) is 55.3 Å². The van der Waals surface area contributed by atoms with Gasteiger partial charge in [-0.25, -0.2) is 0 Å². The van der Waals surface area contributed by atoms with Crippen LogP contribution in [0.15, 0.2) is 0 Å². The van der Waals surface area contributed by atoms with Crippen LogP contribution in [0, 0.1) is 10.8 Å². The summed E-state index contributed by atoms with van der Waals surface area (Å²) >= 11 is 0. The fraction of sp³-hybridized carbons (Fsp3) is 1.00. The Bertz CT molecular complexity index is 58.2. The van der Waals surface area contributed by atoms with Crippen molar-refractivity contribution in [2.45, 2.75) is 26.2 Å². The molecule has 0 saturated carbocycles. The lowest BCUT2D eigenvalue weighted by molar-refractivity contribution is -1.63. The molecule has 0 bridgehead atoms. The first kappa shape index (κ1) is 9.17. The van der Waals surface area contributed by atoms with Gasteiger partial charge in [-0.3, -0.25) is 0 Å². The van der Waals surface area contributed by atoms with Crippen molar-refractivity contribution in [3.8, 4) is 0 Å². The molecule has 0 atom stereocenters. The van der Waals surface area contributed by atoms with Crippen LogP contribution in [-0.4, -0.2) is 6.61 Å². The molecule has 0 saturated heterocycles. The van der Waals surface area contributed by atoms with E-state index in [-0.39, 0.29) is 0 Å². The maximum Gasteiger partial charge on any atom is 0.285 e. The van der Waals surface area contributed by atoms with Crippen molar-refractivity contribution in [3.63, 3.8) is 0 Å². The first-order valence-electron chi connectivity index (χ1n) is 2.96. The predicted molar refractivity (Wildman–Crippen MR) is 25.5 cm³/mol. The van der Waals surface area contributed by atoms with E-state index in [4.69, 9.17) is 0 Å². The lowest BCUT2D eigenvalue weighted by Gasteiger charge is -1.92. The highest BCUT2D eigenvalue weighted by molar-refractivity contribution is 4.31. The number of hydrogen-bond donors (Lipinski definition) is 0. The molecule has 3 nitrogen and oxygen atoms in total. The van der Waals surface area contributed by atoms with Crippen LogP contribution in [0.1, 0.15) is 26.2 Å². The highest BCUT2D eigenvalue weighted by Crippen LogP contribution is 1.94. The van der Waals surface area contributed by atoms with Crippen molar-refractivity contribution in [2.24, 2.45) is 0 Å². The van der Waals surface area contributed by atoms with Gasteiger partial charge in [0.2, 0.25) is 0 Å². The van der Waals surface area contributed by atoms with Crippen LogP contribution in [0.2, 0.25) is 0 Å². The van der Waals surface area contributed by atoms with Crippen molar-refractivity contribution in [1.82, 2.24) is 0 Å². The minimum atomic E-state index is -2.02. The molecule has 0 rings (SSSR count). The Kier molecular flexibility index (Phi) is 6.41. The summed E-state index contributed by atoms with van der Waals surface area (Å²) < 4.78 is 23.6. The molecule has 9 heavy (non-hydrogen) atoms. The Labute approximate surface area is 58.0 Å². The van der Waals surface area contributed by atoms with E-state index in [0.29, 0.717) is 6.61 Å². The minimum Gasteiger partial charge on any atom is -0.320 e. The van der Waals surface area contributed by atoms with E-state index < -0.39 is 10.8 Å². The van der Waals surface area contributed by atoms with Gasteiger partial charge in [-0.05, 0) is 6.42 Å². The molecular weight excluding hydrogens is 144 g/mol. The molecule has 0 amide bonds. The fourth-order valence-electron chi connectivity index (χ4n) is 0.470. The lowest BCUT2D eigenvalue weighted by atomic mass is 10.3. The van der Waals surface area contributed by atoms with Gasteiger partial charge in [-0.15, -0.1) is 0 Å². The second kappa shape index (κ2) is 6.29. The fourth-order valence-corrected chi connectivity index (χ4v) is 0.705. The van der Waals surface area contributed by atoms with Crippen LogP contribution in [0.25, 0.3) is 0 Å². The van der Waals surface area contributed by atoms with E-state index in [1.54, 1.807) is 0 Å². The summed E-state index contributed by atoms with van der Waals surface area (Å²) in [4.78, 5) is 0. The van der Waals surface area contributed by atoms with Crippen molar-refractivity contribution in [2.75, 3.05) is 6.61 Å². The van der Waals surface area contributed by atoms with Gasteiger partial charge in [-0.2, -0.15) is 0 Å². The van der Waals surface area contributed by atoms with Crippen molar-refractivity contribution >= 4 is 0 Å². The van der Waals surface area contributed by atoms with Crippen molar-refractivity contribution < 1.29 is 24.4 Å². The zero-order valence-corrected chi connectivity index (χ0v) is 6.19. The van der Waals surface area contributed by atoms with Crippen LogP contribution in [0.5, 0.6) is 0 Å². The van der Waals surface area contributed by atoms with Crippen LogP contribution < -0.4 is 9.32 Å². The Hall–Kier alpha value is 0.170. The monoisotopic (exact) mass is 154 g/mol. The van der Waals surface area contributed by atoms with Crippen LogP contribution in [0.4, 0.5) is 0 Å². The van der Waals surface area contributed by atoms with Gasteiger partial charge in [0.1, 0.15) is 0 Å². The van der Waals surface area contributed by atoms with Crippen LogP contribution in [-0.2, 0) is 4.29 Å². The quantitative estimate of drug-likeness (QED) is 0.491. The summed E-state index contributed by atoms with van der Waals surface area (Å²) in [6.45, 7) is 2.35. The lowest BCUT2D eigenvalue weighted by Crippen LogP contribution is -2.34. The molecule has 0 aliphatic rings. The van der Waals surface area contributed by atoms with Crippen molar-refractivity contribution in [3.05, 3.63) is 0 Å².